The number of benzene rings is 1. The zero-order valence-electron chi connectivity index (χ0n) is 11.1. The van der Waals surface area contributed by atoms with Crippen molar-refractivity contribution < 1.29 is 31.8 Å². The van der Waals surface area contributed by atoms with E-state index < -0.39 is 5.97 Å². The summed E-state index contributed by atoms with van der Waals surface area (Å²) in [5.74, 6) is -0.488. The van der Waals surface area contributed by atoms with Crippen molar-refractivity contribution in [1.29, 1.82) is 0 Å². The average molecular weight is 359 g/mol. The molecule has 4 N–H and O–H groups in total. The Hall–Kier alpha value is -0.980. The standard InChI is InChI=1S/C14H18N2O2S.BrH/c15-12-5-3-11(4-6-12)14(19)16-7-1-2-10(9-16)8-13(17)18;/h3-6,10H,1-2,7-9,15H2,(H,17,18);1H. The highest BCUT2D eigenvalue weighted by molar-refractivity contribution is 7.80. The van der Waals surface area contributed by atoms with E-state index in [1.165, 1.54) is 4.90 Å². The van der Waals surface area contributed by atoms with Crippen LogP contribution in [0.2, 0.25) is 0 Å². The predicted octanol–water partition coefficient (Wildman–Crippen LogP) is -2.28. The van der Waals surface area contributed by atoms with E-state index in [1.54, 1.807) is 0 Å². The highest BCUT2D eigenvalue weighted by Gasteiger charge is 2.28. The molecular weight excluding hydrogens is 340 g/mol. The summed E-state index contributed by atoms with van der Waals surface area (Å²) < 4.78 is 0. The van der Waals surface area contributed by atoms with Gasteiger partial charge in [0.1, 0.15) is 0 Å². The topological polar surface area (TPSA) is 67.8 Å². The molecule has 0 saturated carbocycles. The van der Waals surface area contributed by atoms with Crippen molar-refractivity contribution in [2.24, 2.45) is 5.92 Å². The molecule has 20 heavy (non-hydrogen) atoms. The summed E-state index contributed by atoms with van der Waals surface area (Å²) in [6.07, 6.45) is 2.26. The van der Waals surface area contributed by atoms with Crippen molar-refractivity contribution in [3.05, 3.63) is 29.8 Å². The number of aliphatic carboxylic acids is 1. The van der Waals surface area contributed by atoms with Crippen molar-refractivity contribution in [3.8, 4) is 0 Å². The van der Waals surface area contributed by atoms with E-state index in [0.29, 0.717) is 0 Å². The summed E-state index contributed by atoms with van der Waals surface area (Å²) in [5, 5.41) is 8.88. The Morgan fingerprint density at radius 1 is 1.40 bits per heavy atom. The van der Waals surface area contributed by atoms with Gasteiger partial charge in [-0.25, -0.2) is 0 Å². The number of thiocarbonyl (C=S) groups is 1. The molecule has 6 heteroatoms. The maximum atomic E-state index is 10.8. The Morgan fingerprint density at radius 2 is 2.05 bits per heavy atom. The van der Waals surface area contributed by atoms with Crippen LogP contribution in [-0.2, 0) is 4.79 Å². The Balaban J connectivity index is 0.00000200. The third-order valence-corrected chi connectivity index (χ3v) is 4.11. The average Bonchev–Trinajstić information content (AvgIpc) is 2.38. The lowest BCUT2D eigenvalue weighted by atomic mass is 9.94. The lowest BCUT2D eigenvalue weighted by Crippen LogP contribution is -3.15. The monoisotopic (exact) mass is 358 g/mol. The Bertz CT molecular complexity index is 479. The fourth-order valence-corrected chi connectivity index (χ4v) is 2.94. The summed E-state index contributed by atoms with van der Waals surface area (Å²) >= 11 is 5.53. The molecule has 1 aliphatic heterocycles. The number of halogens is 1. The fourth-order valence-electron chi connectivity index (χ4n) is 2.62. The van der Waals surface area contributed by atoms with Gasteiger partial charge in [-0.3, -0.25) is 9.69 Å². The molecule has 0 radical (unpaired) electrons. The van der Waals surface area contributed by atoms with Gasteiger partial charge in [-0.15, -0.1) is 0 Å². The van der Waals surface area contributed by atoms with Crippen LogP contribution in [0.3, 0.4) is 0 Å². The smallest absolute Gasteiger partial charge is 0.303 e. The molecule has 1 aromatic rings. The van der Waals surface area contributed by atoms with Crippen molar-refractivity contribution >= 4 is 28.9 Å². The minimum atomic E-state index is -0.718. The van der Waals surface area contributed by atoms with Gasteiger partial charge in [0.05, 0.1) is 19.5 Å². The second-order valence-corrected chi connectivity index (χ2v) is 5.52. The first-order chi connectivity index (χ1) is 9.06. The third-order valence-electron chi connectivity index (χ3n) is 3.58. The molecule has 2 atom stereocenters. The van der Waals surface area contributed by atoms with Gasteiger partial charge in [0, 0.05) is 17.2 Å². The molecule has 1 fully saturated rings. The summed E-state index contributed by atoms with van der Waals surface area (Å²) in [5.41, 5.74) is 7.40. The largest absolute Gasteiger partial charge is 1.00 e. The molecule has 1 heterocycles. The first kappa shape index (κ1) is 17.1. The van der Waals surface area contributed by atoms with Crippen LogP contribution in [-0.4, -0.2) is 29.2 Å². The van der Waals surface area contributed by atoms with Crippen LogP contribution in [0.1, 0.15) is 24.8 Å². The van der Waals surface area contributed by atoms with E-state index in [1.807, 2.05) is 24.3 Å². The molecule has 110 valence electrons. The van der Waals surface area contributed by atoms with E-state index >= 15 is 0 Å². The summed E-state index contributed by atoms with van der Waals surface area (Å²) in [6.45, 7) is 1.80. The zero-order chi connectivity index (χ0) is 13.8. The van der Waals surface area contributed by atoms with Crippen molar-refractivity contribution in [2.45, 2.75) is 19.3 Å². The van der Waals surface area contributed by atoms with Crippen LogP contribution in [0, 0.1) is 5.92 Å². The molecule has 2 unspecified atom stereocenters. The van der Waals surface area contributed by atoms with Crippen molar-refractivity contribution in [2.75, 3.05) is 18.8 Å². The summed E-state index contributed by atoms with van der Waals surface area (Å²) in [6, 6.07) is 7.57. The van der Waals surface area contributed by atoms with Crippen LogP contribution in [0.25, 0.3) is 0 Å². The summed E-state index contributed by atoms with van der Waals surface area (Å²) in [4.78, 5) is 12.9. The highest BCUT2D eigenvalue weighted by atomic mass is 79.9. The second-order valence-electron chi connectivity index (χ2n) is 5.11. The number of piperidine rings is 1. The maximum Gasteiger partial charge on any atom is 0.303 e. The number of carboxylic acid groups (broad SMARTS) is 1. The normalized spacial score (nSPS) is 21.8. The second kappa shape index (κ2) is 7.71. The third kappa shape index (κ3) is 4.54. The van der Waals surface area contributed by atoms with Gasteiger partial charge in [0.2, 0.25) is 4.99 Å². The molecule has 0 amide bonds. The molecule has 0 spiro atoms. The fraction of sp³-hybridized carbons (Fsp3) is 0.429. The SMILES string of the molecule is Nc1ccc(C(=S)[NH+]2CCCC(CC(=O)O)C2)cc1.[Br-]. The number of hydrogen-bond acceptors (Lipinski definition) is 3. The van der Waals surface area contributed by atoms with E-state index in [-0.39, 0.29) is 29.3 Å². The first-order valence-corrected chi connectivity index (χ1v) is 6.94. The van der Waals surface area contributed by atoms with Crippen LogP contribution >= 0.6 is 12.2 Å². The minimum absolute atomic E-state index is 0. The molecule has 2 rings (SSSR count). The Kier molecular flexibility index (Phi) is 6.58. The van der Waals surface area contributed by atoms with Crippen molar-refractivity contribution in [3.63, 3.8) is 0 Å². The van der Waals surface area contributed by atoms with Gasteiger partial charge in [-0.2, -0.15) is 0 Å². The zero-order valence-corrected chi connectivity index (χ0v) is 13.5. The van der Waals surface area contributed by atoms with Crippen LogP contribution in [0.5, 0.6) is 0 Å². The number of likely N-dealkylation sites (tertiary alicyclic amines) is 1. The van der Waals surface area contributed by atoms with E-state index in [4.69, 9.17) is 23.1 Å². The number of nitrogens with two attached hydrogens (primary N) is 1. The molecule has 1 aromatic carbocycles. The Labute approximate surface area is 134 Å². The lowest BCUT2D eigenvalue weighted by molar-refractivity contribution is -0.813. The van der Waals surface area contributed by atoms with Crippen molar-refractivity contribution in [1.82, 2.24) is 0 Å². The number of hydrogen-bond donors (Lipinski definition) is 3. The van der Waals surface area contributed by atoms with Crippen LogP contribution in [0.15, 0.2) is 24.3 Å². The molecule has 0 bridgehead atoms. The Morgan fingerprint density at radius 3 is 2.65 bits per heavy atom. The van der Waals surface area contributed by atoms with Gasteiger partial charge in [-0.1, -0.05) is 0 Å². The molecule has 1 aliphatic rings. The van der Waals surface area contributed by atoms with Gasteiger partial charge < -0.3 is 27.8 Å². The number of carboxylic acids is 1. The quantitative estimate of drug-likeness (QED) is 0.420. The number of quaternary nitrogens is 1. The van der Waals surface area contributed by atoms with Gasteiger partial charge in [-0.05, 0) is 49.3 Å². The molecule has 0 aliphatic carbocycles. The minimum Gasteiger partial charge on any atom is -1.00 e. The number of rotatable bonds is 3. The predicted molar refractivity (Wildman–Crippen MR) is 78.2 cm³/mol. The van der Waals surface area contributed by atoms with Crippen LogP contribution in [0.4, 0.5) is 5.69 Å². The van der Waals surface area contributed by atoms with Gasteiger partial charge in [0.15, 0.2) is 0 Å². The van der Waals surface area contributed by atoms with Crippen LogP contribution < -0.4 is 27.6 Å². The molecule has 0 aromatic heterocycles. The first-order valence-electron chi connectivity index (χ1n) is 6.53. The molecule has 1 saturated heterocycles. The lowest BCUT2D eigenvalue weighted by Gasteiger charge is -2.29. The molecule has 4 nitrogen and oxygen atoms in total. The number of carbonyl (C=O) groups is 1. The van der Waals surface area contributed by atoms with E-state index in [0.717, 1.165) is 42.2 Å². The number of nitrogen functional groups attached to an aromatic ring is 1. The maximum absolute atomic E-state index is 10.8. The number of nitrogens with one attached hydrogen (secondary N) is 1. The number of anilines is 1. The summed E-state index contributed by atoms with van der Waals surface area (Å²) in [7, 11) is 0. The van der Waals surface area contributed by atoms with E-state index in [2.05, 4.69) is 0 Å². The van der Waals surface area contributed by atoms with Gasteiger partial charge in [0.25, 0.3) is 0 Å². The highest BCUT2D eigenvalue weighted by Crippen LogP contribution is 2.12. The van der Waals surface area contributed by atoms with E-state index in [9.17, 15) is 4.79 Å². The van der Waals surface area contributed by atoms with Gasteiger partial charge >= 0.3 is 5.97 Å². The molecular formula is C14H19BrN2O2S.